The summed E-state index contributed by atoms with van der Waals surface area (Å²) in [5.41, 5.74) is 2.49. The van der Waals surface area contributed by atoms with E-state index < -0.39 is 0 Å². The Morgan fingerprint density at radius 2 is 1.21 bits per heavy atom. The number of nitroso groups, excluding NO2 is 1. The van der Waals surface area contributed by atoms with Gasteiger partial charge in [0.15, 0.2) is 0 Å². The molecular weight excluding hydrogens is 296 g/mol. The van der Waals surface area contributed by atoms with Crippen LogP contribution in [-0.2, 0) is 0 Å². The van der Waals surface area contributed by atoms with Crippen molar-refractivity contribution in [1.82, 2.24) is 5.32 Å². The molecule has 3 rings (SSSR count). The van der Waals surface area contributed by atoms with Gasteiger partial charge in [-0.1, -0.05) is 79.7 Å². The van der Waals surface area contributed by atoms with Gasteiger partial charge in [-0.05, 0) is 24.0 Å². The summed E-state index contributed by atoms with van der Waals surface area (Å²) in [6, 6.07) is 21.1. The molecule has 0 saturated carbocycles. The molecule has 0 bridgehead atoms. The summed E-state index contributed by atoms with van der Waals surface area (Å²) in [6.07, 6.45) is 1.89. The van der Waals surface area contributed by atoms with Gasteiger partial charge in [-0.3, -0.25) is 0 Å². The van der Waals surface area contributed by atoms with Gasteiger partial charge in [0, 0.05) is 23.9 Å². The molecule has 1 saturated heterocycles. The first-order valence-electron chi connectivity index (χ1n) is 8.98. The van der Waals surface area contributed by atoms with Crippen molar-refractivity contribution in [3.05, 3.63) is 76.7 Å². The highest BCUT2D eigenvalue weighted by Gasteiger charge is 2.44. The highest BCUT2D eigenvalue weighted by Crippen LogP contribution is 2.44. The van der Waals surface area contributed by atoms with E-state index in [4.69, 9.17) is 0 Å². The Morgan fingerprint density at radius 1 is 0.792 bits per heavy atom. The molecule has 3 heteroatoms. The van der Waals surface area contributed by atoms with Crippen molar-refractivity contribution in [2.45, 2.75) is 44.8 Å². The molecule has 2 aromatic carbocycles. The van der Waals surface area contributed by atoms with Crippen LogP contribution in [0.1, 0.15) is 49.9 Å². The Balaban J connectivity index is 2.02. The molecule has 24 heavy (non-hydrogen) atoms. The van der Waals surface area contributed by atoms with Crippen LogP contribution in [0.5, 0.6) is 0 Å². The average molecular weight is 322 g/mol. The minimum Gasteiger partial charge on any atom is -0.302 e. The Morgan fingerprint density at radius 3 is 1.54 bits per heavy atom. The first kappa shape index (κ1) is 16.8. The van der Waals surface area contributed by atoms with Gasteiger partial charge in [-0.2, -0.15) is 4.91 Å². The van der Waals surface area contributed by atoms with E-state index in [0.29, 0.717) is 0 Å². The fraction of sp³-hybridized carbons (Fsp3) is 0.429. The minimum absolute atomic E-state index is 0.156. The van der Waals surface area contributed by atoms with Crippen LogP contribution in [0.15, 0.2) is 65.8 Å². The maximum atomic E-state index is 11.8. The minimum atomic E-state index is -0.156. The van der Waals surface area contributed by atoms with Crippen LogP contribution in [0.2, 0.25) is 0 Å². The van der Waals surface area contributed by atoms with Gasteiger partial charge in [-0.15, -0.1) is 0 Å². The van der Waals surface area contributed by atoms with Gasteiger partial charge in [0.25, 0.3) is 0 Å². The monoisotopic (exact) mass is 322 g/mol. The molecule has 0 aromatic heterocycles. The first-order valence-corrected chi connectivity index (χ1v) is 8.98. The van der Waals surface area contributed by atoms with Crippen LogP contribution in [0.3, 0.4) is 0 Å². The number of nitrogens with zero attached hydrogens (tertiary/aromatic N) is 1. The second-order valence-corrected chi connectivity index (χ2v) is 6.68. The predicted octanol–water partition coefficient (Wildman–Crippen LogP) is 5.26. The molecular formula is C21H26N2O. The van der Waals surface area contributed by atoms with E-state index >= 15 is 0 Å². The molecule has 3 nitrogen and oxygen atoms in total. The van der Waals surface area contributed by atoms with Crippen LogP contribution in [0.25, 0.3) is 0 Å². The molecule has 1 heterocycles. The van der Waals surface area contributed by atoms with Gasteiger partial charge in [0.1, 0.15) is 6.04 Å². The molecule has 1 aliphatic heterocycles. The number of hydrogen-bond acceptors (Lipinski definition) is 3. The number of hydrogen-bond donors (Lipinski definition) is 1. The largest absolute Gasteiger partial charge is 0.302 e. The number of piperidine rings is 1. The molecule has 1 N–H and O–H groups in total. The fourth-order valence-corrected chi connectivity index (χ4v) is 4.27. The normalized spacial score (nSPS) is 30.0. The van der Waals surface area contributed by atoms with Crippen LogP contribution in [0.4, 0.5) is 0 Å². The summed E-state index contributed by atoms with van der Waals surface area (Å²) in [7, 11) is 0. The summed E-state index contributed by atoms with van der Waals surface area (Å²) in [5, 5.41) is 7.47. The predicted molar refractivity (Wildman–Crippen MR) is 98.6 cm³/mol. The van der Waals surface area contributed by atoms with Crippen LogP contribution in [-0.4, -0.2) is 6.04 Å². The van der Waals surface area contributed by atoms with Gasteiger partial charge < -0.3 is 5.32 Å². The quantitative estimate of drug-likeness (QED) is 0.763. The summed E-state index contributed by atoms with van der Waals surface area (Å²) in [6.45, 7) is 4.33. The van der Waals surface area contributed by atoms with E-state index in [-0.39, 0.29) is 30.0 Å². The Labute approximate surface area is 144 Å². The summed E-state index contributed by atoms with van der Waals surface area (Å²) < 4.78 is 0. The molecule has 4 unspecified atom stereocenters. The first-order chi connectivity index (χ1) is 11.8. The standard InChI is InChI=1S/C21H26N2O/c1-3-17-19(15-11-7-5-8-12-15)22-20(16-13-9-6-10-14-16)18(4-2)21(17)23-24/h5-14,17-22H,3-4H2,1-2H3. The van der Waals surface area contributed by atoms with Gasteiger partial charge in [0.2, 0.25) is 0 Å². The van der Waals surface area contributed by atoms with E-state index in [1.165, 1.54) is 11.1 Å². The summed E-state index contributed by atoms with van der Waals surface area (Å²) in [4.78, 5) is 11.8. The second kappa shape index (κ2) is 7.71. The van der Waals surface area contributed by atoms with Crippen LogP contribution in [0, 0.1) is 16.7 Å². The van der Waals surface area contributed by atoms with Crippen LogP contribution < -0.4 is 5.32 Å². The van der Waals surface area contributed by atoms with Gasteiger partial charge >= 0.3 is 0 Å². The number of rotatable bonds is 5. The zero-order chi connectivity index (χ0) is 16.9. The molecule has 0 amide bonds. The lowest BCUT2D eigenvalue weighted by atomic mass is 9.70. The molecule has 1 fully saturated rings. The summed E-state index contributed by atoms with van der Waals surface area (Å²) >= 11 is 0. The molecule has 0 radical (unpaired) electrons. The van der Waals surface area contributed by atoms with E-state index in [1.807, 2.05) is 12.1 Å². The molecule has 0 aliphatic carbocycles. The smallest absolute Gasteiger partial charge is 0.101 e. The second-order valence-electron chi connectivity index (χ2n) is 6.68. The third-order valence-electron chi connectivity index (χ3n) is 5.47. The Kier molecular flexibility index (Phi) is 5.41. The van der Waals surface area contributed by atoms with Crippen molar-refractivity contribution in [2.24, 2.45) is 17.0 Å². The molecule has 0 spiro atoms. The zero-order valence-electron chi connectivity index (χ0n) is 14.4. The topological polar surface area (TPSA) is 41.5 Å². The van der Waals surface area contributed by atoms with Crippen molar-refractivity contribution in [1.29, 1.82) is 0 Å². The molecule has 2 aromatic rings. The highest BCUT2D eigenvalue weighted by molar-refractivity contribution is 5.27. The zero-order valence-corrected chi connectivity index (χ0v) is 14.4. The SMILES string of the molecule is CCC1C(c2ccccc2)NC(c2ccccc2)C(CC)C1N=O. The van der Waals surface area contributed by atoms with Crippen LogP contribution >= 0.6 is 0 Å². The maximum Gasteiger partial charge on any atom is 0.101 e. The Hall–Kier alpha value is -2.00. The third kappa shape index (κ3) is 3.13. The van der Waals surface area contributed by atoms with E-state index in [0.717, 1.165) is 12.8 Å². The van der Waals surface area contributed by atoms with E-state index in [2.05, 4.69) is 72.9 Å². The van der Waals surface area contributed by atoms with Crippen molar-refractivity contribution in [3.63, 3.8) is 0 Å². The number of nitrogens with one attached hydrogen (secondary N) is 1. The fourth-order valence-electron chi connectivity index (χ4n) is 4.27. The van der Waals surface area contributed by atoms with Crippen molar-refractivity contribution in [3.8, 4) is 0 Å². The van der Waals surface area contributed by atoms with Gasteiger partial charge in [-0.25, -0.2) is 0 Å². The maximum absolute atomic E-state index is 11.8. The van der Waals surface area contributed by atoms with Crippen molar-refractivity contribution in [2.75, 3.05) is 0 Å². The van der Waals surface area contributed by atoms with Crippen molar-refractivity contribution >= 4 is 0 Å². The Bertz CT molecular complexity index is 590. The lowest BCUT2D eigenvalue weighted by Crippen LogP contribution is -2.49. The summed E-state index contributed by atoms with van der Waals surface area (Å²) in [5.74, 6) is 0.463. The molecule has 126 valence electrons. The number of benzene rings is 2. The van der Waals surface area contributed by atoms with Crippen molar-refractivity contribution < 1.29 is 0 Å². The third-order valence-corrected chi connectivity index (χ3v) is 5.47. The molecule has 1 aliphatic rings. The molecule has 4 atom stereocenters. The highest BCUT2D eigenvalue weighted by atomic mass is 16.3. The lowest BCUT2D eigenvalue weighted by molar-refractivity contribution is 0.122. The van der Waals surface area contributed by atoms with E-state index in [1.54, 1.807) is 0 Å². The van der Waals surface area contributed by atoms with Gasteiger partial charge in [0.05, 0.1) is 0 Å². The van der Waals surface area contributed by atoms with E-state index in [9.17, 15) is 4.91 Å². The lowest BCUT2D eigenvalue weighted by Gasteiger charge is -2.45. The average Bonchev–Trinajstić information content (AvgIpc) is 2.67.